The van der Waals surface area contributed by atoms with Gasteiger partial charge in [-0.15, -0.1) is 0 Å². The Morgan fingerprint density at radius 1 is 1.21 bits per heavy atom. The number of rotatable bonds is 5. The molecule has 150 valence electrons. The van der Waals surface area contributed by atoms with Gasteiger partial charge in [0.15, 0.2) is 5.78 Å². The monoisotopic (exact) mass is 389 g/mol. The zero-order valence-electron chi connectivity index (χ0n) is 16.8. The van der Waals surface area contributed by atoms with E-state index in [2.05, 4.69) is 21.6 Å². The number of carbonyl (C=O) groups is 1. The number of ketones is 1. The highest BCUT2D eigenvalue weighted by atomic mass is 16.3. The van der Waals surface area contributed by atoms with Gasteiger partial charge in [-0.05, 0) is 75.3 Å². The van der Waals surface area contributed by atoms with Crippen LogP contribution in [-0.2, 0) is 0 Å². The van der Waals surface area contributed by atoms with Crippen molar-refractivity contribution in [2.75, 3.05) is 6.54 Å². The smallest absolute Gasteiger partial charge is 0.178 e. The van der Waals surface area contributed by atoms with E-state index in [1.165, 1.54) is 12.1 Å². The summed E-state index contributed by atoms with van der Waals surface area (Å²) >= 11 is 0. The number of hydrogen-bond donors (Lipinski definition) is 1. The Morgan fingerprint density at radius 2 is 1.97 bits per heavy atom. The van der Waals surface area contributed by atoms with Gasteiger partial charge >= 0.3 is 0 Å². The van der Waals surface area contributed by atoms with Gasteiger partial charge < -0.3 is 9.67 Å². The molecule has 0 amide bonds. The third kappa shape index (κ3) is 3.02. The molecule has 5 rings (SSSR count). The molecule has 1 N–H and O–H groups in total. The molecule has 5 nitrogen and oxygen atoms in total. The Hall–Kier alpha value is -2.42. The van der Waals surface area contributed by atoms with Gasteiger partial charge in [0.2, 0.25) is 0 Å². The van der Waals surface area contributed by atoms with E-state index in [0.717, 1.165) is 49.0 Å². The molecule has 2 aliphatic heterocycles. The van der Waals surface area contributed by atoms with Crippen molar-refractivity contribution >= 4 is 5.78 Å². The van der Waals surface area contributed by atoms with E-state index >= 15 is 0 Å². The van der Waals surface area contributed by atoms with Gasteiger partial charge in [-0.25, -0.2) is 0 Å². The van der Waals surface area contributed by atoms with Crippen LogP contribution in [0, 0.1) is 18.3 Å². The van der Waals surface area contributed by atoms with Crippen LogP contribution in [0.15, 0.2) is 30.3 Å². The molecule has 1 aromatic carbocycles. The molecule has 29 heavy (non-hydrogen) atoms. The van der Waals surface area contributed by atoms with Crippen molar-refractivity contribution in [1.29, 1.82) is 5.26 Å². The predicted octanol–water partition coefficient (Wildman–Crippen LogP) is 3.71. The molecule has 0 spiro atoms. The van der Waals surface area contributed by atoms with Crippen LogP contribution >= 0.6 is 0 Å². The standard InChI is InChI=1S/C24H27N3O2/c1-15-20(24(29)14-26-19-9-10-21(26)23(28)11-19)12-22(17-3-2-4-17)27(15)18-7-5-16(13-25)6-8-18/h5-8,12,17,19,21,23,28H,2-4,9-11,14H2,1H3/t19?,21?,23-/m1/s1. The van der Waals surface area contributed by atoms with Crippen LogP contribution in [0.3, 0.4) is 0 Å². The highest BCUT2D eigenvalue weighted by Crippen LogP contribution is 2.41. The second-order valence-electron chi connectivity index (χ2n) is 8.89. The van der Waals surface area contributed by atoms with Gasteiger partial charge in [-0.3, -0.25) is 9.69 Å². The van der Waals surface area contributed by atoms with Crippen molar-refractivity contribution < 1.29 is 9.90 Å². The average molecular weight is 389 g/mol. The summed E-state index contributed by atoms with van der Waals surface area (Å²) in [4.78, 5) is 15.5. The molecule has 2 unspecified atom stereocenters. The van der Waals surface area contributed by atoms with E-state index in [0.29, 0.717) is 24.1 Å². The molecule has 0 radical (unpaired) electrons. The molecular weight excluding hydrogens is 362 g/mol. The molecule has 2 saturated heterocycles. The molecule has 2 bridgehead atoms. The predicted molar refractivity (Wildman–Crippen MR) is 110 cm³/mol. The van der Waals surface area contributed by atoms with Crippen LogP contribution in [0.5, 0.6) is 0 Å². The molecular formula is C24H27N3O2. The number of aliphatic hydroxyl groups excluding tert-OH is 1. The number of Topliss-reactive ketones (excluding diaryl/α,β-unsaturated/α-hetero) is 1. The lowest BCUT2D eigenvalue weighted by molar-refractivity contribution is 0.0873. The lowest BCUT2D eigenvalue weighted by Crippen LogP contribution is -2.36. The van der Waals surface area contributed by atoms with Crippen molar-refractivity contribution in [3.63, 3.8) is 0 Å². The molecule has 1 aliphatic carbocycles. The summed E-state index contributed by atoms with van der Waals surface area (Å²) in [6.45, 7) is 2.43. The van der Waals surface area contributed by atoms with Gasteiger partial charge in [0, 0.05) is 34.7 Å². The first-order chi connectivity index (χ1) is 14.1. The summed E-state index contributed by atoms with van der Waals surface area (Å²) in [7, 11) is 0. The molecule has 1 saturated carbocycles. The largest absolute Gasteiger partial charge is 0.391 e. The average Bonchev–Trinajstić information content (AvgIpc) is 3.31. The number of fused-ring (bicyclic) bond motifs is 2. The van der Waals surface area contributed by atoms with Gasteiger partial charge in [0.1, 0.15) is 0 Å². The SMILES string of the molecule is Cc1c(C(=O)CN2C3CCC2[C@H](O)C3)cc(C2CCC2)n1-c1ccc(C#N)cc1. The van der Waals surface area contributed by atoms with Crippen LogP contribution < -0.4 is 0 Å². The Balaban J connectivity index is 1.48. The van der Waals surface area contributed by atoms with E-state index in [4.69, 9.17) is 5.26 Å². The third-order valence-electron chi connectivity index (χ3n) is 7.33. The van der Waals surface area contributed by atoms with Gasteiger partial charge in [-0.2, -0.15) is 5.26 Å². The first-order valence-electron chi connectivity index (χ1n) is 10.8. The number of aliphatic hydroxyl groups is 1. The quantitative estimate of drug-likeness (QED) is 0.792. The first-order valence-corrected chi connectivity index (χ1v) is 10.8. The fourth-order valence-electron chi connectivity index (χ4n) is 5.51. The number of hydrogen-bond acceptors (Lipinski definition) is 4. The van der Waals surface area contributed by atoms with E-state index in [1.807, 2.05) is 31.2 Å². The fraction of sp³-hybridized carbons (Fsp3) is 0.500. The summed E-state index contributed by atoms with van der Waals surface area (Å²) in [5, 5.41) is 19.3. The topological polar surface area (TPSA) is 69.3 Å². The second-order valence-corrected chi connectivity index (χ2v) is 8.89. The zero-order valence-corrected chi connectivity index (χ0v) is 16.8. The highest BCUT2D eigenvalue weighted by Gasteiger charge is 2.46. The molecule has 5 heteroatoms. The third-order valence-corrected chi connectivity index (χ3v) is 7.33. The van der Waals surface area contributed by atoms with Crippen LogP contribution in [0.2, 0.25) is 0 Å². The Morgan fingerprint density at radius 3 is 2.52 bits per heavy atom. The van der Waals surface area contributed by atoms with Crippen LogP contribution in [0.4, 0.5) is 0 Å². The number of nitriles is 1. The van der Waals surface area contributed by atoms with Gasteiger partial charge in [0.05, 0.1) is 24.3 Å². The van der Waals surface area contributed by atoms with Crippen molar-refractivity contribution in [2.24, 2.45) is 0 Å². The minimum absolute atomic E-state index is 0.149. The van der Waals surface area contributed by atoms with Crippen LogP contribution in [-0.4, -0.2) is 45.1 Å². The normalized spacial score (nSPS) is 26.4. The number of benzene rings is 1. The van der Waals surface area contributed by atoms with E-state index < -0.39 is 0 Å². The summed E-state index contributed by atoms with van der Waals surface area (Å²) in [5.41, 5.74) is 4.65. The highest BCUT2D eigenvalue weighted by molar-refractivity contribution is 5.99. The molecule has 2 aromatic rings. The van der Waals surface area contributed by atoms with Crippen molar-refractivity contribution in [3.05, 3.63) is 52.8 Å². The summed E-state index contributed by atoms with van der Waals surface area (Å²) in [6.07, 6.45) is 6.17. The van der Waals surface area contributed by atoms with Crippen molar-refractivity contribution in [3.8, 4) is 11.8 Å². The maximum Gasteiger partial charge on any atom is 0.178 e. The zero-order chi connectivity index (χ0) is 20.1. The summed E-state index contributed by atoms with van der Waals surface area (Å²) in [6, 6.07) is 12.4. The van der Waals surface area contributed by atoms with Gasteiger partial charge in [0.25, 0.3) is 0 Å². The molecule has 3 heterocycles. The lowest BCUT2D eigenvalue weighted by Gasteiger charge is -2.27. The first kappa shape index (κ1) is 18.6. The number of nitrogens with zero attached hydrogens (tertiary/aromatic N) is 3. The maximum atomic E-state index is 13.3. The molecule has 3 atom stereocenters. The number of aromatic nitrogens is 1. The van der Waals surface area contributed by atoms with Crippen molar-refractivity contribution in [1.82, 2.24) is 9.47 Å². The van der Waals surface area contributed by atoms with Gasteiger partial charge in [-0.1, -0.05) is 6.42 Å². The second kappa shape index (κ2) is 7.12. The minimum atomic E-state index is -0.281. The van der Waals surface area contributed by atoms with E-state index in [1.54, 1.807) is 0 Å². The molecule has 1 aromatic heterocycles. The lowest BCUT2D eigenvalue weighted by atomic mass is 9.82. The Labute approximate surface area is 171 Å². The Kier molecular flexibility index (Phi) is 4.57. The minimum Gasteiger partial charge on any atom is -0.391 e. The Bertz CT molecular complexity index is 981. The number of carbonyl (C=O) groups excluding carboxylic acids is 1. The molecule has 3 fully saturated rings. The maximum absolute atomic E-state index is 13.3. The van der Waals surface area contributed by atoms with E-state index in [-0.39, 0.29) is 17.9 Å². The van der Waals surface area contributed by atoms with Crippen LogP contribution in [0.25, 0.3) is 5.69 Å². The summed E-state index contributed by atoms with van der Waals surface area (Å²) in [5.74, 6) is 0.650. The summed E-state index contributed by atoms with van der Waals surface area (Å²) < 4.78 is 2.21. The molecule has 3 aliphatic rings. The fourth-order valence-corrected chi connectivity index (χ4v) is 5.51. The van der Waals surface area contributed by atoms with E-state index in [9.17, 15) is 9.90 Å². The van der Waals surface area contributed by atoms with Crippen molar-refractivity contribution in [2.45, 2.75) is 69.6 Å². The van der Waals surface area contributed by atoms with Crippen LogP contribution in [0.1, 0.15) is 71.8 Å².